The number of aliphatic hydroxyl groups is 1. The Labute approximate surface area is 156 Å². The first kappa shape index (κ1) is 18.0. The number of nitrogens with zero attached hydrogens (tertiary/aromatic N) is 2. The molecule has 0 saturated carbocycles. The predicted molar refractivity (Wildman–Crippen MR) is 101 cm³/mol. The van der Waals surface area contributed by atoms with Gasteiger partial charge in [0.25, 0.3) is 0 Å². The van der Waals surface area contributed by atoms with Crippen molar-refractivity contribution in [3.63, 3.8) is 0 Å². The molecule has 3 aromatic rings. The summed E-state index contributed by atoms with van der Waals surface area (Å²) in [5, 5.41) is 12.1. The third kappa shape index (κ3) is 4.63. The molecule has 0 bridgehead atoms. The topological polar surface area (TPSA) is 61.8 Å². The third-order valence-electron chi connectivity index (χ3n) is 3.77. The van der Waals surface area contributed by atoms with Gasteiger partial charge >= 0.3 is 0 Å². The highest BCUT2D eigenvalue weighted by Gasteiger charge is 2.19. The van der Waals surface area contributed by atoms with Gasteiger partial charge in [0.15, 0.2) is 0 Å². The summed E-state index contributed by atoms with van der Waals surface area (Å²) in [6.45, 7) is 4.21. The molecule has 1 aromatic carbocycles. The van der Waals surface area contributed by atoms with Crippen LogP contribution in [0.25, 0.3) is 0 Å². The van der Waals surface area contributed by atoms with Crippen molar-refractivity contribution >= 4 is 23.4 Å². The summed E-state index contributed by atoms with van der Waals surface area (Å²) < 4.78 is 0. The van der Waals surface area contributed by atoms with Crippen LogP contribution in [0.5, 0.6) is 0 Å². The Kier molecular flexibility index (Phi) is 5.78. The molecule has 2 aromatic heterocycles. The van der Waals surface area contributed by atoms with Crippen molar-refractivity contribution in [3.05, 3.63) is 70.9 Å². The number of aliphatic hydroxyl groups excluding tert-OH is 1. The maximum atomic E-state index is 10.6. The second-order valence-electron chi connectivity index (χ2n) is 6.14. The Balaban J connectivity index is 1.84. The molecule has 1 atom stereocenters. The molecule has 0 radical (unpaired) electrons. The van der Waals surface area contributed by atoms with E-state index in [1.807, 2.05) is 36.4 Å². The molecule has 0 saturated heterocycles. The fraction of sp³-hybridized carbons (Fsp3) is 0.263. The van der Waals surface area contributed by atoms with Crippen molar-refractivity contribution in [2.45, 2.75) is 42.2 Å². The molecular formula is C19H20ClN3OS. The number of nitrogens with one attached hydrogen (secondary N) is 1. The molecule has 0 aliphatic heterocycles. The van der Waals surface area contributed by atoms with E-state index in [2.05, 4.69) is 28.8 Å². The summed E-state index contributed by atoms with van der Waals surface area (Å²) in [5.41, 5.74) is 1.99. The summed E-state index contributed by atoms with van der Waals surface area (Å²) in [6.07, 6.45) is 3.26. The molecule has 0 amide bonds. The van der Waals surface area contributed by atoms with Gasteiger partial charge in [-0.25, -0.2) is 4.98 Å². The molecule has 2 heterocycles. The van der Waals surface area contributed by atoms with Crippen LogP contribution in [0.4, 0.5) is 0 Å². The first-order valence-corrected chi connectivity index (χ1v) is 9.32. The van der Waals surface area contributed by atoms with Crippen molar-refractivity contribution in [2.75, 3.05) is 0 Å². The van der Waals surface area contributed by atoms with Gasteiger partial charge in [-0.1, -0.05) is 49.3 Å². The number of H-pyrrole nitrogens is 1. The summed E-state index contributed by atoms with van der Waals surface area (Å²) >= 11 is 7.62. The Morgan fingerprint density at radius 1 is 1.24 bits per heavy atom. The number of aromatic amines is 1. The molecule has 2 N–H and O–H groups in total. The smallest absolute Gasteiger partial charge is 0.136 e. The molecular weight excluding hydrogens is 354 g/mol. The van der Waals surface area contributed by atoms with Gasteiger partial charge in [0.1, 0.15) is 17.0 Å². The number of hydrogen-bond donors (Lipinski definition) is 2. The zero-order valence-corrected chi connectivity index (χ0v) is 15.7. The van der Waals surface area contributed by atoms with E-state index in [0.29, 0.717) is 17.3 Å². The second-order valence-corrected chi connectivity index (χ2v) is 7.63. The first-order valence-electron chi connectivity index (χ1n) is 8.13. The van der Waals surface area contributed by atoms with Crippen LogP contribution in [0.1, 0.15) is 43.0 Å². The van der Waals surface area contributed by atoms with Crippen molar-refractivity contribution in [3.8, 4) is 0 Å². The summed E-state index contributed by atoms with van der Waals surface area (Å²) in [6, 6.07) is 11.5. The average molecular weight is 374 g/mol. The van der Waals surface area contributed by atoms with Crippen LogP contribution >= 0.6 is 23.4 Å². The van der Waals surface area contributed by atoms with E-state index in [4.69, 9.17) is 11.6 Å². The maximum Gasteiger partial charge on any atom is 0.136 e. The van der Waals surface area contributed by atoms with E-state index >= 15 is 0 Å². The van der Waals surface area contributed by atoms with E-state index in [0.717, 1.165) is 21.2 Å². The Morgan fingerprint density at radius 3 is 2.76 bits per heavy atom. The van der Waals surface area contributed by atoms with Crippen molar-refractivity contribution < 1.29 is 5.11 Å². The van der Waals surface area contributed by atoms with Gasteiger partial charge < -0.3 is 10.1 Å². The number of aromatic nitrogens is 3. The van der Waals surface area contributed by atoms with Gasteiger partial charge in [0.2, 0.25) is 0 Å². The van der Waals surface area contributed by atoms with Gasteiger partial charge in [-0.3, -0.25) is 4.98 Å². The fourth-order valence-corrected chi connectivity index (χ4v) is 3.85. The Bertz CT molecular complexity index is 836. The van der Waals surface area contributed by atoms with Gasteiger partial charge in [-0.15, -0.1) is 0 Å². The van der Waals surface area contributed by atoms with E-state index in [1.54, 1.807) is 24.2 Å². The standard InChI is InChI=1S/C19H20ClN3OS/c1-12(2)17-19(25-15-7-3-6-14(20)10-15)23-18(22-17)16(24)9-13-5-4-8-21-11-13/h3-8,10-12,16,24H,9H2,1-2H3,(H,22,23). The molecule has 0 fully saturated rings. The van der Waals surface area contributed by atoms with Gasteiger partial charge in [-0.05, 0) is 35.7 Å². The van der Waals surface area contributed by atoms with Crippen LogP contribution in [-0.2, 0) is 6.42 Å². The zero-order valence-electron chi connectivity index (χ0n) is 14.1. The largest absolute Gasteiger partial charge is 0.385 e. The first-order chi connectivity index (χ1) is 12.0. The third-order valence-corrected chi connectivity index (χ3v) is 5.00. The second kappa shape index (κ2) is 8.04. The Hall–Kier alpha value is -1.82. The van der Waals surface area contributed by atoms with E-state index in [9.17, 15) is 5.11 Å². The lowest BCUT2D eigenvalue weighted by Gasteiger charge is -2.07. The van der Waals surface area contributed by atoms with Crippen LogP contribution < -0.4 is 0 Å². The number of halogens is 1. The van der Waals surface area contributed by atoms with Crippen LogP contribution in [0.15, 0.2) is 58.7 Å². The number of benzene rings is 1. The number of rotatable bonds is 6. The van der Waals surface area contributed by atoms with E-state index in [-0.39, 0.29) is 5.92 Å². The molecule has 0 aliphatic rings. The highest BCUT2D eigenvalue weighted by atomic mass is 35.5. The van der Waals surface area contributed by atoms with Gasteiger partial charge in [-0.2, -0.15) is 0 Å². The van der Waals surface area contributed by atoms with Gasteiger partial charge in [0, 0.05) is 28.7 Å². The normalized spacial score (nSPS) is 12.5. The quantitative estimate of drug-likeness (QED) is 0.637. The maximum absolute atomic E-state index is 10.6. The molecule has 3 rings (SSSR count). The minimum Gasteiger partial charge on any atom is -0.385 e. The summed E-state index contributed by atoms with van der Waals surface area (Å²) in [4.78, 5) is 13.1. The van der Waals surface area contributed by atoms with Crippen LogP contribution in [0, 0.1) is 0 Å². The van der Waals surface area contributed by atoms with Crippen molar-refractivity contribution in [2.24, 2.45) is 0 Å². The molecule has 1 unspecified atom stereocenters. The van der Waals surface area contributed by atoms with Crippen LogP contribution in [-0.4, -0.2) is 20.1 Å². The monoisotopic (exact) mass is 373 g/mol. The summed E-state index contributed by atoms with van der Waals surface area (Å²) in [7, 11) is 0. The number of imidazole rings is 1. The lowest BCUT2D eigenvalue weighted by atomic mass is 10.1. The average Bonchev–Trinajstić information content (AvgIpc) is 3.00. The molecule has 4 nitrogen and oxygen atoms in total. The highest BCUT2D eigenvalue weighted by Crippen LogP contribution is 2.34. The minimum absolute atomic E-state index is 0.272. The van der Waals surface area contributed by atoms with Crippen molar-refractivity contribution in [1.82, 2.24) is 15.0 Å². The summed E-state index contributed by atoms with van der Waals surface area (Å²) in [5.74, 6) is 0.852. The zero-order chi connectivity index (χ0) is 17.8. The molecule has 0 aliphatic carbocycles. The Morgan fingerprint density at radius 2 is 2.08 bits per heavy atom. The fourth-order valence-electron chi connectivity index (χ4n) is 2.50. The van der Waals surface area contributed by atoms with Gasteiger partial charge in [0.05, 0.1) is 5.69 Å². The lowest BCUT2D eigenvalue weighted by molar-refractivity contribution is 0.169. The SMILES string of the molecule is CC(C)c1[nH]c(C(O)Cc2cccnc2)nc1Sc1cccc(Cl)c1. The number of hydrogen-bond acceptors (Lipinski definition) is 4. The van der Waals surface area contributed by atoms with E-state index < -0.39 is 6.10 Å². The highest BCUT2D eigenvalue weighted by molar-refractivity contribution is 7.99. The molecule has 6 heteroatoms. The van der Waals surface area contributed by atoms with Crippen LogP contribution in [0.2, 0.25) is 5.02 Å². The lowest BCUT2D eigenvalue weighted by Crippen LogP contribution is -2.04. The molecule has 25 heavy (non-hydrogen) atoms. The number of pyridine rings is 1. The van der Waals surface area contributed by atoms with Crippen molar-refractivity contribution in [1.29, 1.82) is 0 Å². The minimum atomic E-state index is -0.699. The van der Waals surface area contributed by atoms with E-state index in [1.165, 1.54) is 0 Å². The molecule has 0 spiro atoms. The molecule has 130 valence electrons. The van der Waals surface area contributed by atoms with Crippen LogP contribution in [0.3, 0.4) is 0 Å². The predicted octanol–water partition coefficient (Wildman–Crippen LogP) is 5.01.